The lowest BCUT2D eigenvalue weighted by Crippen LogP contribution is -2.45. The van der Waals surface area contributed by atoms with Gasteiger partial charge in [-0.25, -0.2) is 4.98 Å². The average molecular weight is 581 g/mol. The largest absolute Gasteiger partial charge is 0.465 e. The third-order valence-corrected chi connectivity index (χ3v) is 6.42. The first-order chi connectivity index (χ1) is 19.2. The Morgan fingerprint density at radius 2 is 1.70 bits per heavy atom. The molecule has 1 aromatic heterocycles. The minimum atomic E-state index is -1.41. The summed E-state index contributed by atoms with van der Waals surface area (Å²) in [6.45, 7) is 1.30. The molecule has 0 saturated carbocycles. The van der Waals surface area contributed by atoms with Crippen molar-refractivity contribution in [2.24, 2.45) is 0 Å². The number of esters is 1. The number of anilines is 1. The minimum absolute atomic E-state index is 0.0366. The Labute approximate surface area is 238 Å². The molecule has 1 unspecified atom stereocenters. The van der Waals surface area contributed by atoms with Crippen LogP contribution in [0.2, 0.25) is 10.2 Å². The van der Waals surface area contributed by atoms with Gasteiger partial charge in [0.05, 0.1) is 17.0 Å². The maximum atomic E-state index is 14.0. The highest BCUT2D eigenvalue weighted by molar-refractivity contribution is 6.31. The lowest BCUT2D eigenvalue weighted by atomic mass is 10.0. The fraction of sp³-hybridized carbons (Fsp3) is 0.143. The van der Waals surface area contributed by atoms with Gasteiger partial charge in [-0.1, -0.05) is 41.4 Å². The molecule has 0 fully saturated rings. The second-order valence-electron chi connectivity index (χ2n) is 8.44. The van der Waals surface area contributed by atoms with Crippen molar-refractivity contribution in [2.45, 2.75) is 13.0 Å². The molecular weight excluding hydrogens is 559 g/mol. The number of amides is 2. The number of carbonyl (C=O) groups is 3. The van der Waals surface area contributed by atoms with Crippen LogP contribution in [0.1, 0.15) is 28.9 Å². The number of rotatable bonds is 9. The molecule has 2 amide bonds. The summed E-state index contributed by atoms with van der Waals surface area (Å²) in [6.07, 6.45) is 0. The Morgan fingerprint density at radius 1 is 1.02 bits per heavy atom. The molecule has 40 heavy (non-hydrogen) atoms. The Kier molecular flexibility index (Phi) is 8.93. The quantitative estimate of drug-likeness (QED) is 0.119. The number of nitrogens with zero attached hydrogens (tertiary/aromatic N) is 3. The summed E-state index contributed by atoms with van der Waals surface area (Å²) in [6, 6.07) is 18.5. The highest BCUT2D eigenvalue weighted by Gasteiger charge is 2.36. The van der Waals surface area contributed by atoms with E-state index in [0.29, 0.717) is 15.9 Å². The zero-order chi connectivity index (χ0) is 28.8. The topological polar surface area (TPSA) is 132 Å². The molecule has 0 aliphatic heterocycles. The van der Waals surface area contributed by atoms with Crippen LogP contribution in [-0.4, -0.2) is 40.8 Å². The van der Waals surface area contributed by atoms with Gasteiger partial charge in [0.15, 0.2) is 0 Å². The van der Waals surface area contributed by atoms with E-state index >= 15 is 0 Å². The Balaban J connectivity index is 1.89. The van der Waals surface area contributed by atoms with Crippen molar-refractivity contribution in [1.29, 1.82) is 0 Å². The van der Waals surface area contributed by atoms with E-state index in [9.17, 15) is 24.5 Å². The zero-order valence-electron chi connectivity index (χ0n) is 21.0. The number of hydrogen-bond acceptors (Lipinski definition) is 7. The van der Waals surface area contributed by atoms with Crippen LogP contribution in [0.5, 0.6) is 0 Å². The normalized spacial score (nSPS) is 11.5. The van der Waals surface area contributed by atoms with Crippen molar-refractivity contribution in [3.05, 3.63) is 110 Å². The third-order valence-electron chi connectivity index (χ3n) is 5.87. The number of para-hydroxylation sites is 1. The molecule has 0 radical (unpaired) electrons. The van der Waals surface area contributed by atoms with E-state index in [1.807, 2.05) is 0 Å². The van der Waals surface area contributed by atoms with Gasteiger partial charge in [0.1, 0.15) is 17.7 Å². The summed E-state index contributed by atoms with van der Waals surface area (Å²) in [5.74, 6) is -2.08. The summed E-state index contributed by atoms with van der Waals surface area (Å²) in [7, 11) is 0. The maximum absolute atomic E-state index is 14.0. The van der Waals surface area contributed by atoms with Crippen LogP contribution < -0.4 is 10.2 Å². The standard InChI is InChI=1S/C28H22Cl2N4O6/c1-2-40-24(35)16-31-27(36)25(22-15-18-5-3-4-6-23(18)32-26(22)30)33(20-13-9-19(29)10-14-20)28(37)17-7-11-21(12-8-17)34(38)39/h3-15,25H,2,16H2,1H3,(H,31,36). The van der Waals surface area contributed by atoms with E-state index < -0.39 is 35.3 Å². The summed E-state index contributed by atoms with van der Waals surface area (Å²) < 4.78 is 4.92. The molecule has 1 N–H and O–H groups in total. The number of non-ortho nitro benzene ring substituents is 1. The van der Waals surface area contributed by atoms with Crippen molar-refractivity contribution in [1.82, 2.24) is 10.3 Å². The molecule has 204 valence electrons. The molecule has 1 atom stereocenters. The van der Waals surface area contributed by atoms with Crippen LogP contribution >= 0.6 is 23.2 Å². The van der Waals surface area contributed by atoms with E-state index in [-0.39, 0.29) is 34.3 Å². The molecule has 0 spiro atoms. The lowest BCUT2D eigenvalue weighted by molar-refractivity contribution is -0.384. The van der Waals surface area contributed by atoms with Gasteiger partial charge in [-0.3, -0.25) is 29.4 Å². The van der Waals surface area contributed by atoms with Gasteiger partial charge in [0, 0.05) is 39.4 Å². The molecule has 0 aliphatic rings. The van der Waals surface area contributed by atoms with Crippen LogP contribution in [0, 0.1) is 10.1 Å². The number of halogens is 2. The van der Waals surface area contributed by atoms with E-state index in [1.54, 1.807) is 61.5 Å². The number of pyridine rings is 1. The summed E-state index contributed by atoms with van der Waals surface area (Å²) >= 11 is 12.7. The second-order valence-corrected chi connectivity index (χ2v) is 9.24. The predicted molar refractivity (Wildman–Crippen MR) is 150 cm³/mol. The van der Waals surface area contributed by atoms with E-state index in [4.69, 9.17) is 27.9 Å². The summed E-state index contributed by atoms with van der Waals surface area (Å²) in [4.78, 5) is 56.0. The minimum Gasteiger partial charge on any atom is -0.465 e. The van der Waals surface area contributed by atoms with Gasteiger partial charge in [-0.15, -0.1) is 0 Å². The Bertz CT molecular complexity index is 1580. The lowest BCUT2D eigenvalue weighted by Gasteiger charge is -2.32. The number of aromatic nitrogens is 1. The Morgan fingerprint density at radius 3 is 2.35 bits per heavy atom. The van der Waals surface area contributed by atoms with Crippen molar-refractivity contribution in [2.75, 3.05) is 18.1 Å². The maximum Gasteiger partial charge on any atom is 0.325 e. The van der Waals surface area contributed by atoms with Crippen LogP contribution in [0.3, 0.4) is 0 Å². The number of nitro groups is 1. The molecule has 4 aromatic rings. The third kappa shape index (κ3) is 6.36. The first-order valence-electron chi connectivity index (χ1n) is 12.0. The number of fused-ring (bicyclic) bond motifs is 1. The predicted octanol–water partition coefficient (Wildman–Crippen LogP) is 5.52. The van der Waals surface area contributed by atoms with Gasteiger partial charge in [-0.2, -0.15) is 0 Å². The first-order valence-corrected chi connectivity index (χ1v) is 12.8. The number of carbonyl (C=O) groups excluding carboxylic acids is 3. The molecule has 10 nitrogen and oxygen atoms in total. The molecule has 4 rings (SSSR count). The van der Waals surface area contributed by atoms with Gasteiger partial charge in [-0.05, 0) is 55.5 Å². The number of ether oxygens (including phenoxy) is 1. The molecule has 1 heterocycles. The summed E-state index contributed by atoms with van der Waals surface area (Å²) in [5.41, 5.74) is 0.885. The number of benzene rings is 3. The monoisotopic (exact) mass is 580 g/mol. The van der Waals surface area contributed by atoms with Crippen LogP contribution in [-0.2, 0) is 14.3 Å². The van der Waals surface area contributed by atoms with E-state index in [0.717, 1.165) is 0 Å². The SMILES string of the molecule is CCOC(=O)CNC(=O)C(c1cc2ccccc2nc1Cl)N(C(=O)c1ccc([N+](=O)[O-])cc1)c1ccc(Cl)cc1. The number of hydrogen-bond donors (Lipinski definition) is 1. The number of nitro benzene ring substituents is 1. The summed E-state index contributed by atoms with van der Waals surface area (Å²) in [5, 5.41) is 14.7. The first kappa shape index (κ1) is 28.5. The Hall–Kier alpha value is -4.54. The van der Waals surface area contributed by atoms with Crippen molar-refractivity contribution < 1.29 is 24.0 Å². The highest BCUT2D eigenvalue weighted by atomic mass is 35.5. The molecular formula is C28H22Cl2N4O6. The van der Waals surface area contributed by atoms with Gasteiger partial charge in [0.25, 0.3) is 11.6 Å². The fourth-order valence-electron chi connectivity index (χ4n) is 4.02. The van der Waals surface area contributed by atoms with Crippen LogP contribution in [0.25, 0.3) is 10.9 Å². The molecule has 0 aliphatic carbocycles. The van der Waals surface area contributed by atoms with Crippen LogP contribution in [0.4, 0.5) is 11.4 Å². The molecule has 0 saturated heterocycles. The number of nitrogens with one attached hydrogen (secondary N) is 1. The van der Waals surface area contributed by atoms with E-state index in [1.165, 1.54) is 29.2 Å². The van der Waals surface area contributed by atoms with Gasteiger partial charge < -0.3 is 10.1 Å². The smallest absolute Gasteiger partial charge is 0.325 e. The average Bonchev–Trinajstić information content (AvgIpc) is 2.95. The highest BCUT2D eigenvalue weighted by Crippen LogP contribution is 2.35. The van der Waals surface area contributed by atoms with Crippen LogP contribution in [0.15, 0.2) is 78.9 Å². The van der Waals surface area contributed by atoms with Crippen molar-refractivity contribution in [3.8, 4) is 0 Å². The van der Waals surface area contributed by atoms with E-state index in [2.05, 4.69) is 10.3 Å². The van der Waals surface area contributed by atoms with Crippen molar-refractivity contribution >= 4 is 63.3 Å². The van der Waals surface area contributed by atoms with Crippen molar-refractivity contribution in [3.63, 3.8) is 0 Å². The molecule has 0 bridgehead atoms. The molecule has 3 aromatic carbocycles. The zero-order valence-corrected chi connectivity index (χ0v) is 22.6. The molecule has 12 heteroatoms. The van der Waals surface area contributed by atoms with Gasteiger partial charge >= 0.3 is 5.97 Å². The second kappa shape index (κ2) is 12.5. The fourth-order valence-corrected chi connectivity index (χ4v) is 4.39. The van der Waals surface area contributed by atoms with Gasteiger partial charge in [0.2, 0.25) is 5.91 Å².